The molecule has 2 unspecified atom stereocenters. The summed E-state index contributed by atoms with van der Waals surface area (Å²) in [6.07, 6.45) is 1.80. The molecule has 0 aliphatic carbocycles. The summed E-state index contributed by atoms with van der Waals surface area (Å²) in [4.78, 5) is 6.83. The van der Waals surface area contributed by atoms with Gasteiger partial charge in [0.25, 0.3) is 0 Å². The second-order valence-electron chi connectivity index (χ2n) is 6.94. The molecule has 0 aromatic heterocycles. The van der Waals surface area contributed by atoms with E-state index in [0.29, 0.717) is 18.9 Å². The highest BCUT2D eigenvalue weighted by molar-refractivity contribution is 14.0. The third-order valence-corrected chi connectivity index (χ3v) is 5.15. The number of hydrogen-bond acceptors (Lipinski definition) is 5. The summed E-state index contributed by atoms with van der Waals surface area (Å²) >= 11 is 0. The van der Waals surface area contributed by atoms with Gasteiger partial charge in [0.1, 0.15) is 15.6 Å². The van der Waals surface area contributed by atoms with E-state index in [9.17, 15) is 8.42 Å². The van der Waals surface area contributed by atoms with E-state index in [1.165, 1.54) is 6.26 Å². The number of nitrogens with one attached hydrogen (secondary N) is 2. The van der Waals surface area contributed by atoms with E-state index in [1.54, 1.807) is 7.11 Å². The molecule has 2 N–H and O–H groups in total. The number of nitrogens with zero attached hydrogens (tertiary/aromatic N) is 2. The van der Waals surface area contributed by atoms with E-state index < -0.39 is 9.84 Å². The molecule has 0 bridgehead atoms. The van der Waals surface area contributed by atoms with E-state index in [4.69, 9.17) is 9.73 Å². The van der Waals surface area contributed by atoms with Crippen molar-refractivity contribution in [3.63, 3.8) is 0 Å². The lowest BCUT2D eigenvalue weighted by atomic mass is 10.1. The average Bonchev–Trinajstić information content (AvgIpc) is 2.59. The SMILES string of the molecule is CCNC(=NCC(c1cccc(OC)c1)N(C)C)NC(C)CCS(C)(=O)=O.I. The summed E-state index contributed by atoms with van der Waals surface area (Å²) in [5.41, 5.74) is 1.13. The summed E-state index contributed by atoms with van der Waals surface area (Å²) in [5.74, 6) is 1.67. The standard InChI is InChI=1S/C19H34N4O3S.HI/c1-7-20-19(22-15(2)11-12-27(6,24)25)21-14-18(23(3)4)16-9-8-10-17(13-16)26-5;/h8-10,13,15,18H,7,11-12,14H2,1-6H3,(H2,20,21,22);1H. The van der Waals surface area contributed by atoms with E-state index in [2.05, 4.69) is 21.6 Å². The maximum Gasteiger partial charge on any atom is 0.191 e. The zero-order valence-corrected chi connectivity index (χ0v) is 20.9. The van der Waals surface area contributed by atoms with Crippen molar-refractivity contribution in [3.05, 3.63) is 29.8 Å². The lowest BCUT2D eigenvalue weighted by Gasteiger charge is -2.24. The van der Waals surface area contributed by atoms with Crippen molar-refractivity contribution in [2.24, 2.45) is 4.99 Å². The van der Waals surface area contributed by atoms with Crippen LogP contribution in [0.15, 0.2) is 29.3 Å². The van der Waals surface area contributed by atoms with E-state index >= 15 is 0 Å². The molecular formula is C19H35IN4O3S. The first-order valence-electron chi connectivity index (χ1n) is 9.19. The highest BCUT2D eigenvalue weighted by Gasteiger charge is 2.15. The number of aliphatic imine (C=N–C) groups is 1. The monoisotopic (exact) mass is 526 g/mol. The van der Waals surface area contributed by atoms with Crippen molar-refractivity contribution in [3.8, 4) is 5.75 Å². The lowest BCUT2D eigenvalue weighted by Crippen LogP contribution is -2.43. The fraction of sp³-hybridized carbons (Fsp3) is 0.632. The Bertz CT molecular complexity index is 711. The number of methoxy groups -OCH3 is 1. The molecule has 9 heteroatoms. The van der Waals surface area contributed by atoms with E-state index in [0.717, 1.165) is 17.9 Å². The molecule has 0 fully saturated rings. The number of likely N-dealkylation sites (N-methyl/N-ethyl adjacent to an activating group) is 1. The van der Waals surface area contributed by atoms with Crippen LogP contribution in [0.3, 0.4) is 0 Å². The van der Waals surface area contributed by atoms with Crippen molar-refractivity contribution < 1.29 is 13.2 Å². The minimum atomic E-state index is -2.97. The summed E-state index contributed by atoms with van der Waals surface area (Å²) in [7, 11) is 2.74. The molecule has 0 spiro atoms. The Hall–Kier alpha value is -1.07. The predicted molar refractivity (Wildman–Crippen MR) is 128 cm³/mol. The van der Waals surface area contributed by atoms with Crippen LogP contribution in [0.4, 0.5) is 0 Å². The Balaban J connectivity index is 0.00000729. The van der Waals surface area contributed by atoms with Gasteiger partial charge in [0, 0.05) is 18.8 Å². The van der Waals surface area contributed by atoms with Gasteiger partial charge in [-0.3, -0.25) is 4.99 Å². The maximum absolute atomic E-state index is 11.4. The summed E-state index contributed by atoms with van der Waals surface area (Å²) in [5, 5.41) is 6.52. The predicted octanol–water partition coefficient (Wildman–Crippen LogP) is 2.29. The number of benzene rings is 1. The quantitative estimate of drug-likeness (QED) is 0.277. The van der Waals surface area contributed by atoms with Gasteiger partial charge in [0.05, 0.1) is 25.4 Å². The van der Waals surface area contributed by atoms with E-state index in [-0.39, 0.29) is 41.8 Å². The van der Waals surface area contributed by atoms with Gasteiger partial charge in [-0.1, -0.05) is 12.1 Å². The van der Waals surface area contributed by atoms with Crippen molar-refractivity contribution in [2.45, 2.75) is 32.4 Å². The third-order valence-electron chi connectivity index (χ3n) is 4.17. The Labute approximate surface area is 187 Å². The van der Waals surface area contributed by atoms with Gasteiger partial charge in [0.15, 0.2) is 5.96 Å². The molecule has 0 saturated heterocycles. The smallest absolute Gasteiger partial charge is 0.191 e. The normalized spacial score (nSPS) is 14.2. The van der Waals surface area contributed by atoms with Crippen LogP contribution >= 0.6 is 24.0 Å². The second kappa shape index (κ2) is 13.2. The minimum Gasteiger partial charge on any atom is -0.497 e. The molecule has 7 nitrogen and oxygen atoms in total. The largest absolute Gasteiger partial charge is 0.497 e. The Morgan fingerprint density at radius 1 is 1.32 bits per heavy atom. The van der Waals surface area contributed by atoms with Crippen molar-refractivity contribution >= 4 is 39.8 Å². The van der Waals surface area contributed by atoms with Crippen LogP contribution in [0.2, 0.25) is 0 Å². The minimum absolute atomic E-state index is 0. The van der Waals surface area contributed by atoms with Crippen molar-refractivity contribution in [1.82, 2.24) is 15.5 Å². The van der Waals surface area contributed by atoms with Crippen LogP contribution in [0, 0.1) is 0 Å². The summed E-state index contributed by atoms with van der Waals surface area (Å²) < 4.78 is 28.0. The second-order valence-corrected chi connectivity index (χ2v) is 9.20. The van der Waals surface area contributed by atoms with Gasteiger partial charge in [-0.05, 0) is 52.1 Å². The zero-order chi connectivity index (χ0) is 20.4. The first kappa shape index (κ1) is 26.9. The molecule has 0 heterocycles. The number of rotatable bonds is 10. The first-order valence-corrected chi connectivity index (χ1v) is 11.2. The van der Waals surface area contributed by atoms with Gasteiger partial charge in [-0.2, -0.15) is 0 Å². The Morgan fingerprint density at radius 2 is 2.00 bits per heavy atom. The number of sulfone groups is 1. The summed E-state index contributed by atoms with van der Waals surface area (Å²) in [6, 6.07) is 8.10. The number of guanidine groups is 1. The van der Waals surface area contributed by atoms with Crippen LogP contribution in [0.25, 0.3) is 0 Å². The molecule has 0 saturated carbocycles. The van der Waals surface area contributed by atoms with Crippen molar-refractivity contribution in [1.29, 1.82) is 0 Å². The average molecular weight is 526 g/mol. The third kappa shape index (κ3) is 10.5. The van der Waals surface area contributed by atoms with Crippen LogP contribution in [0.5, 0.6) is 5.75 Å². The molecule has 2 atom stereocenters. The van der Waals surface area contributed by atoms with Crippen LogP contribution in [-0.2, 0) is 9.84 Å². The molecule has 1 rings (SSSR count). The lowest BCUT2D eigenvalue weighted by molar-refractivity contribution is 0.305. The van der Waals surface area contributed by atoms with Gasteiger partial charge in [-0.25, -0.2) is 8.42 Å². The molecule has 0 amide bonds. The zero-order valence-electron chi connectivity index (χ0n) is 17.7. The van der Waals surface area contributed by atoms with Gasteiger partial charge < -0.3 is 20.3 Å². The number of ether oxygens (including phenoxy) is 1. The van der Waals surface area contributed by atoms with Gasteiger partial charge in [-0.15, -0.1) is 24.0 Å². The molecule has 0 radical (unpaired) electrons. The fourth-order valence-electron chi connectivity index (χ4n) is 2.61. The highest BCUT2D eigenvalue weighted by Crippen LogP contribution is 2.22. The van der Waals surface area contributed by atoms with Gasteiger partial charge in [0.2, 0.25) is 0 Å². The molecular weight excluding hydrogens is 491 g/mol. The molecule has 0 aliphatic rings. The molecule has 162 valence electrons. The van der Waals surface area contributed by atoms with E-state index in [1.807, 2.05) is 46.1 Å². The molecule has 28 heavy (non-hydrogen) atoms. The molecule has 1 aromatic carbocycles. The highest BCUT2D eigenvalue weighted by atomic mass is 127. The van der Waals surface area contributed by atoms with Gasteiger partial charge >= 0.3 is 0 Å². The van der Waals surface area contributed by atoms with Crippen LogP contribution in [0.1, 0.15) is 31.9 Å². The Kier molecular flexibility index (Phi) is 12.7. The Morgan fingerprint density at radius 3 is 2.54 bits per heavy atom. The fourth-order valence-corrected chi connectivity index (χ4v) is 3.39. The molecule has 0 aliphatic heterocycles. The topological polar surface area (TPSA) is 83.0 Å². The van der Waals surface area contributed by atoms with Crippen LogP contribution in [-0.4, -0.2) is 71.6 Å². The number of halogens is 1. The van der Waals surface area contributed by atoms with Crippen molar-refractivity contribution in [2.75, 3.05) is 46.3 Å². The maximum atomic E-state index is 11.4. The summed E-state index contributed by atoms with van der Waals surface area (Å²) in [6.45, 7) is 5.26. The molecule has 1 aromatic rings. The van der Waals surface area contributed by atoms with Crippen LogP contribution < -0.4 is 15.4 Å². The number of hydrogen-bond donors (Lipinski definition) is 2. The first-order chi connectivity index (χ1) is 12.7.